The van der Waals surface area contributed by atoms with Crippen molar-refractivity contribution in [2.24, 2.45) is 4.99 Å². The molecule has 0 unspecified atom stereocenters. The third kappa shape index (κ3) is 5.20. The highest BCUT2D eigenvalue weighted by Gasteiger charge is 2.35. The maximum Gasteiger partial charge on any atom is 0.191 e. The molecular formula is C19H28IN5. The molecule has 1 aromatic carbocycles. The highest BCUT2D eigenvalue weighted by molar-refractivity contribution is 14.0. The standard InChI is InChI=1S/C19H27N5.HI/c1-20-18(22-12-14-24-13-11-21-16-24)23-15-19(9-5-6-10-19)17-7-3-2-4-8-17;/h2-4,7-8,11,13,16H,5-6,9-10,12,14-15H2,1H3,(H2,20,22,23);1H. The predicted octanol–water partition coefficient (Wildman–Crippen LogP) is 3.18. The van der Waals surface area contributed by atoms with E-state index < -0.39 is 0 Å². The minimum Gasteiger partial charge on any atom is -0.356 e. The molecule has 1 aliphatic carbocycles. The minimum absolute atomic E-state index is 0. The summed E-state index contributed by atoms with van der Waals surface area (Å²) >= 11 is 0. The summed E-state index contributed by atoms with van der Waals surface area (Å²) in [7, 11) is 1.83. The van der Waals surface area contributed by atoms with Gasteiger partial charge in [-0.3, -0.25) is 4.99 Å². The number of halogens is 1. The van der Waals surface area contributed by atoms with E-state index in [1.165, 1.54) is 31.2 Å². The lowest BCUT2D eigenvalue weighted by atomic mass is 9.79. The molecule has 25 heavy (non-hydrogen) atoms. The van der Waals surface area contributed by atoms with Gasteiger partial charge in [0.1, 0.15) is 0 Å². The minimum atomic E-state index is 0. The lowest BCUT2D eigenvalue weighted by molar-refractivity contribution is 0.431. The number of guanidine groups is 1. The van der Waals surface area contributed by atoms with Crippen LogP contribution in [-0.4, -0.2) is 35.6 Å². The van der Waals surface area contributed by atoms with Crippen LogP contribution in [0.4, 0.5) is 0 Å². The Balaban J connectivity index is 0.00000225. The zero-order valence-electron chi connectivity index (χ0n) is 14.8. The van der Waals surface area contributed by atoms with Crippen LogP contribution in [-0.2, 0) is 12.0 Å². The molecule has 136 valence electrons. The van der Waals surface area contributed by atoms with Crippen LogP contribution in [0.2, 0.25) is 0 Å². The van der Waals surface area contributed by atoms with E-state index in [-0.39, 0.29) is 29.4 Å². The topological polar surface area (TPSA) is 54.2 Å². The van der Waals surface area contributed by atoms with Crippen LogP contribution in [0.3, 0.4) is 0 Å². The maximum atomic E-state index is 4.36. The summed E-state index contributed by atoms with van der Waals surface area (Å²) in [5.74, 6) is 0.873. The molecule has 0 atom stereocenters. The number of aliphatic imine (C=N–C) groups is 1. The van der Waals surface area contributed by atoms with Gasteiger partial charge in [0, 0.05) is 44.5 Å². The van der Waals surface area contributed by atoms with Gasteiger partial charge in [0.15, 0.2) is 5.96 Å². The lowest BCUT2D eigenvalue weighted by Gasteiger charge is -2.30. The van der Waals surface area contributed by atoms with E-state index in [1.54, 1.807) is 6.20 Å². The van der Waals surface area contributed by atoms with Crippen molar-refractivity contribution >= 4 is 29.9 Å². The highest BCUT2D eigenvalue weighted by atomic mass is 127. The zero-order chi connectivity index (χ0) is 16.7. The van der Waals surface area contributed by atoms with Crippen molar-refractivity contribution in [2.45, 2.75) is 37.6 Å². The molecule has 2 N–H and O–H groups in total. The van der Waals surface area contributed by atoms with Crippen molar-refractivity contribution in [2.75, 3.05) is 20.1 Å². The monoisotopic (exact) mass is 453 g/mol. The van der Waals surface area contributed by atoms with Crippen LogP contribution < -0.4 is 10.6 Å². The highest BCUT2D eigenvalue weighted by Crippen LogP contribution is 2.40. The molecule has 0 aliphatic heterocycles. The second kappa shape index (κ2) is 9.79. The van der Waals surface area contributed by atoms with Gasteiger partial charge in [-0.1, -0.05) is 43.2 Å². The van der Waals surface area contributed by atoms with E-state index in [2.05, 4.69) is 55.5 Å². The Labute approximate surface area is 167 Å². The molecule has 1 saturated carbocycles. The Morgan fingerprint density at radius 1 is 1.20 bits per heavy atom. The van der Waals surface area contributed by atoms with Crippen LogP contribution in [0.15, 0.2) is 54.0 Å². The third-order valence-electron chi connectivity index (χ3n) is 4.99. The van der Waals surface area contributed by atoms with Crippen LogP contribution in [0.25, 0.3) is 0 Å². The lowest BCUT2D eigenvalue weighted by Crippen LogP contribution is -2.45. The molecule has 1 heterocycles. The van der Waals surface area contributed by atoms with Gasteiger partial charge < -0.3 is 15.2 Å². The fourth-order valence-corrected chi connectivity index (χ4v) is 3.61. The first-order chi connectivity index (χ1) is 11.8. The number of hydrogen-bond acceptors (Lipinski definition) is 2. The van der Waals surface area contributed by atoms with Gasteiger partial charge in [-0.25, -0.2) is 4.98 Å². The van der Waals surface area contributed by atoms with Crippen LogP contribution in [0, 0.1) is 0 Å². The average Bonchev–Trinajstić information content (AvgIpc) is 3.31. The molecule has 3 rings (SSSR count). The fraction of sp³-hybridized carbons (Fsp3) is 0.474. The molecule has 1 aliphatic rings. The molecular weight excluding hydrogens is 425 g/mol. The number of nitrogens with zero attached hydrogens (tertiary/aromatic N) is 3. The average molecular weight is 453 g/mol. The molecule has 2 aromatic rings. The van der Waals surface area contributed by atoms with Crippen molar-refractivity contribution < 1.29 is 0 Å². The van der Waals surface area contributed by atoms with Crippen molar-refractivity contribution in [3.05, 3.63) is 54.6 Å². The Hall–Kier alpha value is -1.57. The maximum absolute atomic E-state index is 4.36. The van der Waals surface area contributed by atoms with Gasteiger partial charge in [-0.05, 0) is 18.4 Å². The molecule has 0 radical (unpaired) electrons. The Morgan fingerprint density at radius 2 is 1.96 bits per heavy atom. The Kier molecular flexibility index (Phi) is 7.74. The third-order valence-corrected chi connectivity index (χ3v) is 4.99. The zero-order valence-corrected chi connectivity index (χ0v) is 17.1. The van der Waals surface area contributed by atoms with Gasteiger partial charge in [0.25, 0.3) is 0 Å². The number of imidazole rings is 1. The summed E-state index contributed by atoms with van der Waals surface area (Å²) in [5, 5.41) is 6.94. The molecule has 5 nitrogen and oxygen atoms in total. The largest absolute Gasteiger partial charge is 0.356 e. The Morgan fingerprint density at radius 3 is 2.60 bits per heavy atom. The van der Waals surface area contributed by atoms with E-state index >= 15 is 0 Å². The molecule has 0 amide bonds. The SMILES string of the molecule is CN=C(NCCn1ccnc1)NCC1(c2ccccc2)CCCC1.I. The first-order valence-corrected chi connectivity index (χ1v) is 8.78. The molecule has 0 saturated heterocycles. The Bertz CT molecular complexity index is 633. The fourth-order valence-electron chi connectivity index (χ4n) is 3.61. The van der Waals surface area contributed by atoms with Gasteiger partial charge in [0.05, 0.1) is 6.33 Å². The first-order valence-electron chi connectivity index (χ1n) is 8.78. The van der Waals surface area contributed by atoms with Crippen molar-refractivity contribution in [3.63, 3.8) is 0 Å². The summed E-state index contributed by atoms with van der Waals surface area (Å²) < 4.78 is 2.06. The van der Waals surface area contributed by atoms with Gasteiger partial charge in [-0.2, -0.15) is 0 Å². The van der Waals surface area contributed by atoms with Crippen LogP contribution in [0.1, 0.15) is 31.2 Å². The number of rotatable bonds is 6. The normalized spacial score (nSPS) is 16.3. The summed E-state index contributed by atoms with van der Waals surface area (Å²) in [6.45, 7) is 2.64. The van der Waals surface area contributed by atoms with E-state index in [0.717, 1.165) is 25.6 Å². The van der Waals surface area contributed by atoms with Crippen molar-refractivity contribution in [3.8, 4) is 0 Å². The number of nitrogens with one attached hydrogen (secondary N) is 2. The predicted molar refractivity (Wildman–Crippen MR) is 114 cm³/mol. The van der Waals surface area contributed by atoms with Crippen LogP contribution >= 0.6 is 24.0 Å². The number of benzene rings is 1. The summed E-state index contributed by atoms with van der Waals surface area (Å²) in [4.78, 5) is 8.42. The molecule has 6 heteroatoms. The number of hydrogen-bond donors (Lipinski definition) is 2. The van der Waals surface area contributed by atoms with Crippen molar-refractivity contribution in [1.82, 2.24) is 20.2 Å². The van der Waals surface area contributed by atoms with Gasteiger partial charge in [0.2, 0.25) is 0 Å². The number of aromatic nitrogens is 2. The molecule has 1 aromatic heterocycles. The first kappa shape index (κ1) is 19.8. The van der Waals surface area contributed by atoms with Gasteiger partial charge >= 0.3 is 0 Å². The summed E-state index contributed by atoms with van der Waals surface area (Å²) in [6.07, 6.45) is 10.7. The summed E-state index contributed by atoms with van der Waals surface area (Å²) in [6, 6.07) is 10.9. The summed E-state index contributed by atoms with van der Waals surface area (Å²) in [5.41, 5.74) is 1.69. The van der Waals surface area contributed by atoms with Gasteiger partial charge in [-0.15, -0.1) is 24.0 Å². The quantitative estimate of drug-likeness (QED) is 0.402. The smallest absolute Gasteiger partial charge is 0.191 e. The molecule has 0 bridgehead atoms. The second-order valence-electron chi connectivity index (χ2n) is 6.51. The van der Waals surface area contributed by atoms with E-state index in [1.807, 2.05) is 19.6 Å². The van der Waals surface area contributed by atoms with Crippen molar-refractivity contribution in [1.29, 1.82) is 0 Å². The molecule has 1 fully saturated rings. The van der Waals surface area contributed by atoms with E-state index in [0.29, 0.717) is 0 Å². The second-order valence-corrected chi connectivity index (χ2v) is 6.51. The van der Waals surface area contributed by atoms with E-state index in [9.17, 15) is 0 Å². The van der Waals surface area contributed by atoms with Crippen LogP contribution in [0.5, 0.6) is 0 Å². The van der Waals surface area contributed by atoms with E-state index in [4.69, 9.17) is 0 Å². The molecule has 0 spiro atoms.